The molecule has 0 saturated carbocycles. The minimum absolute atomic E-state index is 0.189. The first-order valence-electron chi connectivity index (χ1n) is 10.5. The van der Waals surface area contributed by atoms with Gasteiger partial charge in [0.1, 0.15) is 11.5 Å². The van der Waals surface area contributed by atoms with Crippen LogP contribution in [0.2, 0.25) is 0 Å². The zero-order chi connectivity index (χ0) is 22.7. The number of nitrogens with zero attached hydrogens (tertiary/aromatic N) is 2. The lowest BCUT2D eigenvalue weighted by Gasteiger charge is -2.42. The van der Waals surface area contributed by atoms with Crippen molar-refractivity contribution < 1.29 is 23.8 Å². The van der Waals surface area contributed by atoms with Gasteiger partial charge >= 0.3 is 6.09 Å². The number of anilines is 2. The molecule has 7 heteroatoms. The van der Waals surface area contributed by atoms with Crippen LogP contribution in [0.25, 0.3) is 0 Å². The lowest BCUT2D eigenvalue weighted by atomic mass is 9.99. The van der Waals surface area contributed by atoms with Crippen molar-refractivity contribution in [3.05, 3.63) is 47.0 Å². The summed E-state index contributed by atoms with van der Waals surface area (Å²) in [6.07, 6.45) is 0.280. The molecule has 0 radical (unpaired) electrons. The first-order valence-corrected chi connectivity index (χ1v) is 10.5. The highest BCUT2D eigenvalue weighted by Crippen LogP contribution is 2.40. The number of hydrogen-bond acceptors (Lipinski definition) is 5. The number of carbonyl (C=O) groups excluding carboxylic acids is 2. The van der Waals surface area contributed by atoms with E-state index >= 15 is 0 Å². The molecule has 0 N–H and O–H groups in total. The van der Waals surface area contributed by atoms with Crippen LogP contribution in [0.5, 0.6) is 11.5 Å². The Balaban J connectivity index is 2.13. The largest absolute Gasteiger partial charge is 0.497 e. The Hall–Kier alpha value is -3.22. The molecular weight excluding hydrogens is 396 g/mol. The van der Waals surface area contributed by atoms with Crippen molar-refractivity contribution in [1.82, 2.24) is 0 Å². The third-order valence-corrected chi connectivity index (χ3v) is 5.72. The minimum atomic E-state index is -0.395. The number of fused-ring (bicyclic) bond motifs is 1. The van der Waals surface area contributed by atoms with E-state index in [-0.39, 0.29) is 18.6 Å². The molecule has 1 aliphatic rings. The van der Waals surface area contributed by atoms with E-state index in [2.05, 4.69) is 0 Å². The molecule has 0 fully saturated rings. The minimum Gasteiger partial charge on any atom is -0.497 e. The maximum absolute atomic E-state index is 13.7. The summed E-state index contributed by atoms with van der Waals surface area (Å²) < 4.78 is 16.1. The van der Waals surface area contributed by atoms with Gasteiger partial charge < -0.3 is 19.1 Å². The van der Waals surface area contributed by atoms with Crippen LogP contribution in [0.4, 0.5) is 16.2 Å². The maximum Gasteiger partial charge on any atom is 0.414 e. The molecule has 2 amide bonds. The molecule has 1 aliphatic heterocycles. The van der Waals surface area contributed by atoms with Crippen molar-refractivity contribution in [3.8, 4) is 11.5 Å². The maximum atomic E-state index is 13.7. The second kappa shape index (κ2) is 9.29. The lowest BCUT2D eigenvalue weighted by molar-refractivity contribution is 0.0978. The topological polar surface area (TPSA) is 68.3 Å². The van der Waals surface area contributed by atoms with Gasteiger partial charge in [0.2, 0.25) is 0 Å². The van der Waals surface area contributed by atoms with Gasteiger partial charge in [-0.3, -0.25) is 9.69 Å². The van der Waals surface area contributed by atoms with Gasteiger partial charge in [-0.15, -0.1) is 0 Å². The molecule has 1 heterocycles. The van der Waals surface area contributed by atoms with E-state index in [0.29, 0.717) is 41.4 Å². The Kier molecular flexibility index (Phi) is 6.73. The molecule has 1 atom stereocenters. The highest BCUT2D eigenvalue weighted by molar-refractivity contribution is 6.11. The Bertz CT molecular complexity index is 988. The van der Waals surface area contributed by atoms with E-state index in [4.69, 9.17) is 14.2 Å². The van der Waals surface area contributed by atoms with Gasteiger partial charge in [-0.05, 0) is 62.6 Å². The van der Waals surface area contributed by atoms with Crippen LogP contribution in [-0.4, -0.2) is 45.4 Å². The summed E-state index contributed by atoms with van der Waals surface area (Å²) in [6, 6.07) is 8.84. The predicted molar refractivity (Wildman–Crippen MR) is 121 cm³/mol. The Labute approximate surface area is 183 Å². The monoisotopic (exact) mass is 426 g/mol. The smallest absolute Gasteiger partial charge is 0.414 e. The summed E-state index contributed by atoms with van der Waals surface area (Å²) in [7, 11) is 3.10. The first kappa shape index (κ1) is 22.5. The van der Waals surface area contributed by atoms with Gasteiger partial charge in [-0.2, -0.15) is 0 Å². The number of benzene rings is 2. The van der Waals surface area contributed by atoms with E-state index in [1.807, 2.05) is 32.9 Å². The van der Waals surface area contributed by atoms with E-state index < -0.39 is 6.09 Å². The average molecular weight is 427 g/mol. The highest BCUT2D eigenvalue weighted by Gasteiger charge is 2.38. The number of carbonyl (C=O) groups is 2. The normalized spacial score (nSPS) is 15.4. The molecule has 166 valence electrons. The fraction of sp³-hybridized carbons (Fsp3) is 0.417. The van der Waals surface area contributed by atoms with Crippen LogP contribution < -0.4 is 19.3 Å². The first-order chi connectivity index (χ1) is 14.9. The second-order valence-electron chi connectivity index (χ2n) is 7.54. The number of hydrogen-bond donors (Lipinski definition) is 0. The van der Waals surface area contributed by atoms with Crippen molar-refractivity contribution in [1.29, 1.82) is 0 Å². The highest BCUT2D eigenvalue weighted by atomic mass is 16.6. The molecule has 0 saturated heterocycles. The standard InChI is InChI=1S/C24H30N2O5/c1-7-17-14-25(23(27)19-10-9-18(29-5)13-22(19)30-6)20-11-15(3)16(4)12-21(20)26(17)24(28)31-8-2/h9-13,17H,7-8,14H2,1-6H3. The number of ether oxygens (including phenoxy) is 3. The molecule has 0 bridgehead atoms. The van der Waals surface area contributed by atoms with Crippen LogP contribution in [-0.2, 0) is 4.74 Å². The third-order valence-electron chi connectivity index (χ3n) is 5.72. The quantitative estimate of drug-likeness (QED) is 0.692. The molecule has 0 aromatic heterocycles. The summed E-state index contributed by atoms with van der Waals surface area (Å²) >= 11 is 0. The average Bonchev–Trinajstić information content (AvgIpc) is 2.78. The lowest BCUT2D eigenvalue weighted by Crippen LogP contribution is -2.53. The summed E-state index contributed by atoms with van der Waals surface area (Å²) in [4.78, 5) is 29.9. The number of rotatable bonds is 5. The summed E-state index contributed by atoms with van der Waals surface area (Å²) in [5, 5.41) is 0. The second-order valence-corrected chi connectivity index (χ2v) is 7.54. The van der Waals surface area contributed by atoms with Crippen molar-refractivity contribution in [2.24, 2.45) is 0 Å². The SMILES string of the molecule is CCOC(=O)N1c2cc(C)c(C)cc2N(C(=O)c2ccc(OC)cc2OC)CC1CC. The van der Waals surface area contributed by atoms with Crippen molar-refractivity contribution >= 4 is 23.4 Å². The summed E-state index contributed by atoms with van der Waals surface area (Å²) in [5.41, 5.74) is 3.88. The van der Waals surface area contributed by atoms with Gasteiger partial charge in [0.25, 0.3) is 5.91 Å². The zero-order valence-electron chi connectivity index (χ0n) is 19.0. The van der Waals surface area contributed by atoms with Gasteiger partial charge in [0, 0.05) is 12.6 Å². The van der Waals surface area contributed by atoms with Gasteiger partial charge in [0.05, 0.1) is 43.8 Å². The van der Waals surface area contributed by atoms with Crippen molar-refractivity contribution in [2.75, 3.05) is 37.2 Å². The molecular formula is C24H30N2O5. The number of methoxy groups -OCH3 is 2. The molecule has 2 aromatic carbocycles. The number of amides is 2. The molecule has 7 nitrogen and oxygen atoms in total. The molecule has 1 unspecified atom stereocenters. The van der Waals surface area contributed by atoms with Crippen LogP contribution in [0.1, 0.15) is 41.8 Å². The molecule has 0 spiro atoms. The van der Waals surface area contributed by atoms with E-state index in [0.717, 1.165) is 11.1 Å². The van der Waals surface area contributed by atoms with Gasteiger partial charge in [-0.25, -0.2) is 4.79 Å². The predicted octanol–water partition coefficient (Wildman–Crippen LogP) is 4.72. The summed E-state index contributed by atoms with van der Waals surface area (Å²) in [6.45, 7) is 8.42. The van der Waals surface area contributed by atoms with Crippen LogP contribution in [0, 0.1) is 13.8 Å². The molecule has 31 heavy (non-hydrogen) atoms. The number of aryl methyl sites for hydroxylation is 2. The van der Waals surface area contributed by atoms with Crippen LogP contribution in [0.3, 0.4) is 0 Å². The molecule has 3 rings (SSSR count). The molecule has 0 aliphatic carbocycles. The van der Waals surface area contributed by atoms with E-state index in [9.17, 15) is 9.59 Å². The van der Waals surface area contributed by atoms with Crippen molar-refractivity contribution in [3.63, 3.8) is 0 Å². The Morgan fingerprint density at radius 1 is 1.00 bits per heavy atom. The fourth-order valence-corrected chi connectivity index (χ4v) is 3.85. The van der Waals surface area contributed by atoms with Crippen LogP contribution in [0.15, 0.2) is 30.3 Å². The van der Waals surface area contributed by atoms with E-state index in [1.54, 1.807) is 42.0 Å². The van der Waals surface area contributed by atoms with E-state index in [1.165, 1.54) is 7.11 Å². The Morgan fingerprint density at radius 3 is 2.26 bits per heavy atom. The van der Waals surface area contributed by atoms with Crippen LogP contribution >= 0.6 is 0 Å². The third kappa shape index (κ3) is 4.17. The molecule has 2 aromatic rings. The zero-order valence-corrected chi connectivity index (χ0v) is 19.0. The van der Waals surface area contributed by atoms with Gasteiger partial charge in [0.15, 0.2) is 0 Å². The van der Waals surface area contributed by atoms with Gasteiger partial charge in [-0.1, -0.05) is 6.92 Å². The van der Waals surface area contributed by atoms with Crippen molar-refractivity contribution in [2.45, 2.75) is 40.2 Å². The Morgan fingerprint density at radius 2 is 1.68 bits per heavy atom. The summed E-state index contributed by atoms with van der Waals surface area (Å²) in [5.74, 6) is 0.861. The fourth-order valence-electron chi connectivity index (χ4n) is 3.85.